The van der Waals surface area contributed by atoms with Crippen molar-refractivity contribution >= 4 is 6.03 Å². The van der Waals surface area contributed by atoms with Crippen molar-refractivity contribution in [1.29, 1.82) is 0 Å². The van der Waals surface area contributed by atoms with Crippen LogP contribution in [-0.2, 0) is 19.6 Å². The molecule has 6 nitrogen and oxygen atoms in total. The van der Waals surface area contributed by atoms with Crippen LogP contribution in [0.4, 0.5) is 4.79 Å². The van der Waals surface area contributed by atoms with E-state index in [1.807, 2.05) is 0 Å². The highest BCUT2D eigenvalue weighted by molar-refractivity contribution is 5.73. The SMILES string of the molecule is CN(C)C(=O)NCc1cc2n(n1)CCCN(CCC(C)(C)C)C2. The summed E-state index contributed by atoms with van der Waals surface area (Å²) in [5.74, 6) is 0. The van der Waals surface area contributed by atoms with Crippen LogP contribution < -0.4 is 5.32 Å². The molecule has 0 aliphatic carbocycles. The van der Waals surface area contributed by atoms with Crippen molar-refractivity contribution in [2.45, 2.75) is 53.2 Å². The zero-order valence-electron chi connectivity index (χ0n) is 15.2. The maximum absolute atomic E-state index is 11.6. The summed E-state index contributed by atoms with van der Waals surface area (Å²) in [6, 6.07) is 2.05. The van der Waals surface area contributed by atoms with Crippen LogP contribution in [0.2, 0.25) is 0 Å². The summed E-state index contributed by atoms with van der Waals surface area (Å²) in [5, 5.41) is 7.52. The standard InChI is InChI=1S/C17H31N5O/c1-17(2,3)7-10-21-8-6-9-22-15(13-21)11-14(19-22)12-18-16(23)20(4)5/h11H,6-10,12-13H2,1-5H3,(H,18,23). The van der Waals surface area contributed by atoms with Gasteiger partial charge in [0.1, 0.15) is 0 Å². The van der Waals surface area contributed by atoms with E-state index < -0.39 is 0 Å². The Morgan fingerprint density at radius 3 is 2.74 bits per heavy atom. The number of amides is 2. The van der Waals surface area contributed by atoms with Gasteiger partial charge in [-0.3, -0.25) is 9.58 Å². The van der Waals surface area contributed by atoms with Crippen LogP contribution in [0.3, 0.4) is 0 Å². The molecule has 1 aliphatic heterocycles. The molecule has 0 atom stereocenters. The molecule has 130 valence electrons. The normalized spacial score (nSPS) is 15.9. The topological polar surface area (TPSA) is 53.4 Å². The number of rotatable bonds is 4. The molecule has 0 bridgehead atoms. The van der Waals surface area contributed by atoms with Crippen LogP contribution >= 0.6 is 0 Å². The first-order chi connectivity index (χ1) is 10.7. The molecule has 2 amide bonds. The van der Waals surface area contributed by atoms with E-state index >= 15 is 0 Å². The number of hydrogen-bond acceptors (Lipinski definition) is 3. The van der Waals surface area contributed by atoms with Crippen molar-refractivity contribution in [2.75, 3.05) is 27.2 Å². The van der Waals surface area contributed by atoms with Gasteiger partial charge in [0.2, 0.25) is 0 Å². The molecule has 2 heterocycles. The number of hydrogen-bond donors (Lipinski definition) is 1. The molecule has 2 rings (SSSR count). The summed E-state index contributed by atoms with van der Waals surface area (Å²) >= 11 is 0. The third-order valence-corrected chi connectivity index (χ3v) is 4.15. The Morgan fingerprint density at radius 2 is 2.09 bits per heavy atom. The first kappa shape index (κ1) is 17.8. The monoisotopic (exact) mass is 321 g/mol. The lowest BCUT2D eigenvalue weighted by Gasteiger charge is -2.25. The van der Waals surface area contributed by atoms with Gasteiger partial charge in [-0.1, -0.05) is 20.8 Å². The van der Waals surface area contributed by atoms with Crippen molar-refractivity contribution < 1.29 is 4.79 Å². The molecule has 1 aromatic heterocycles. The van der Waals surface area contributed by atoms with E-state index in [0.29, 0.717) is 12.0 Å². The number of nitrogens with one attached hydrogen (secondary N) is 1. The maximum atomic E-state index is 11.6. The number of carbonyl (C=O) groups excluding carboxylic acids is 1. The highest BCUT2D eigenvalue weighted by Crippen LogP contribution is 2.21. The summed E-state index contributed by atoms with van der Waals surface area (Å²) in [5.41, 5.74) is 2.56. The van der Waals surface area contributed by atoms with Gasteiger partial charge < -0.3 is 10.2 Å². The molecule has 23 heavy (non-hydrogen) atoms. The summed E-state index contributed by atoms with van der Waals surface area (Å²) in [4.78, 5) is 15.7. The van der Waals surface area contributed by atoms with Gasteiger partial charge in [0.15, 0.2) is 0 Å². The van der Waals surface area contributed by atoms with Crippen LogP contribution in [0.25, 0.3) is 0 Å². The lowest BCUT2D eigenvalue weighted by molar-refractivity contribution is 0.217. The van der Waals surface area contributed by atoms with Crippen LogP contribution in [0, 0.1) is 5.41 Å². The number of carbonyl (C=O) groups is 1. The minimum Gasteiger partial charge on any atom is -0.332 e. The van der Waals surface area contributed by atoms with Gasteiger partial charge in [-0.05, 0) is 30.9 Å². The molecule has 0 aromatic carbocycles. The third-order valence-electron chi connectivity index (χ3n) is 4.15. The fourth-order valence-corrected chi connectivity index (χ4v) is 2.68. The van der Waals surface area contributed by atoms with E-state index in [-0.39, 0.29) is 6.03 Å². The maximum Gasteiger partial charge on any atom is 0.317 e. The quantitative estimate of drug-likeness (QED) is 0.926. The molecule has 0 spiro atoms. The molecule has 0 radical (unpaired) electrons. The van der Waals surface area contributed by atoms with Gasteiger partial charge in [-0.15, -0.1) is 0 Å². The number of aryl methyl sites for hydroxylation is 1. The molecular weight excluding hydrogens is 290 g/mol. The lowest BCUT2D eigenvalue weighted by atomic mass is 9.92. The molecular formula is C17H31N5O. The second-order valence-electron chi connectivity index (χ2n) is 7.84. The van der Waals surface area contributed by atoms with Crippen LogP contribution in [-0.4, -0.2) is 52.8 Å². The Morgan fingerprint density at radius 1 is 1.35 bits per heavy atom. The Kier molecular flexibility index (Phi) is 5.68. The van der Waals surface area contributed by atoms with Crippen molar-refractivity contribution in [1.82, 2.24) is 24.9 Å². The van der Waals surface area contributed by atoms with Crippen molar-refractivity contribution in [3.05, 3.63) is 17.5 Å². The Balaban J connectivity index is 1.94. The minimum atomic E-state index is -0.0833. The van der Waals surface area contributed by atoms with E-state index in [4.69, 9.17) is 0 Å². The molecule has 6 heteroatoms. The zero-order valence-corrected chi connectivity index (χ0v) is 15.2. The van der Waals surface area contributed by atoms with E-state index in [2.05, 4.69) is 46.8 Å². The van der Waals surface area contributed by atoms with Crippen LogP contribution in [0.1, 0.15) is 45.0 Å². The van der Waals surface area contributed by atoms with Crippen molar-refractivity contribution in [3.63, 3.8) is 0 Å². The smallest absolute Gasteiger partial charge is 0.317 e. The fourth-order valence-electron chi connectivity index (χ4n) is 2.68. The predicted molar refractivity (Wildman–Crippen MR) is 92.1 cm³/mol. The largest absolute Gasteiger partial charge is 0.332 e. The van der Waals surface area contributed by atoms with Gasteiger partial charge in [-0.2, -0.15) is 5.10 Å². The van der Waals surface area contributed by atoms with E-state index in [9.17, 15) is 4.79 Å². The number of urea groups is 1. The lowest BCUT2D eigenvalue weighted by Crippen LogP contribution is -2.34. The van der Waals surface area contributed by atoms with Gasteiger partial charge in [0.25, 0.3) is 0 Å². The second-order valence-corrected chi connectivity index (χ2v) is 7.84. The number of fused-ring (bicyclic) bond motifs is 1. The Labute approximate surface area is 139 Å². The molecule has 0 unspecified atom stereocenters. The molecule has 0 fully saturated rings. The van der Waals surface area contributed by atoms with Crippen LogP contribution in [0.5, 0.6) is 0 Å². The molecule has 1 N–H and O–H groups in total. The highest BCUT2D eigenvalue weighted by atomic mass is 16.2. The molecule has 1 aliphatic rings. The molecule has 0 saturated carbocycles. The van der Waals surface area contributed by atoms with Gasteiger partial charge in [0, 0.05) is 33.7 Å². The summed E-state index contributed by atoms with van der Waals surface area (Å²) in [7, 11) is 3.48. The Hall–Kier alpha value is -1.56. The van der Waals surface area contributed by atoms with E-state index in [0.717, 1.165) is 38.3 Å². The fraction of sp³-hybridized carbons (Fsp3) is 0.765. The second kappa shape index (κ2) is 7.34. The predicted octanol–water partition coefficient (Wildman–Crippen LogP) is 2.30. The summed E-state index contributed by atoms with van der Waals surface area (Å²) in [6.45, 7) is 11.5. The van der Waals surface area contributed by atoms with Crippen molar-refractivity contribution in [2.24, 2.45) is 5.41 Å². The highest BCUT2D eigenvalue weighted by Gasteiger charge is 2.19. The number of nitrogens with zero attached hydrogens (tertiary/aromatic N) is 4. The first-order valence-corrected chi connectivity index (χ1v) is 8.48. The zero-order chi connectivity index (χ0) is 17.0. The van der Waals surface area contributed by atoms with Crippen molar-refractivity contribution in [3.8, 4) is 0 Å². The molecule has 1 aromatic rings. The average molecular weight is 321 g/mol. The van der Waals surface area contributed by atoms with Gasteiger partial charge in [0.05, 0.1) is 17.9 Å². The van der Waals surface area contributed by atoms with Gasteiger partial charge in [-0.25, -0.2) is 4.79 Å². The minimum absolute atomic E-state index is 0.0833. The van der Waals surface area contributed by atoms with Gasteiger partial charge >= 0.3 is 6.03 Å². The summed E-state index contributed by atoms with van der Waals surface area (Å²) < 4.78 is 2.11. The van der Waals surface area contributed by atoms with Crippen LogP contribution in [0.15, 0.2) is 6.07 Å². The molecule has 0 saturated heterocycles. The third kappa shape index (κ3) is 5.53. The Bertz CT molecular complexity index is 530. The van der Waals surface area contributed by atoms with E-state index in [1.54, 1.807) is 14.1 Å². The van der Waals surface area contributed by atoms with E-state index in [1.165, 1.54) is 17.0 Å². The average Bonchev–Trinajstić information content (AvgIpc) is 2.73. The summed E-state index contributed by atoms with van der Waals surface area (Å²) in [6.07, 6.45) is 2.33. The number of aromatic nitrogens is 2. The first-order valence-electron chi connectivity index (χ1n) is 8.48.